The van der Waals surface area contributed by atoms with Gasteiger partial charge in [-0.05, 0) is 44.6 Å². The molecule has 2 aromatic rings. The Morgan fingerprint density at radius 2 is 1.80 bits per heavy atom. The molecule has 0 radical (unpaired) electrons. The first-order chi connectivity index (χ1) is 14.6. The number of benzene rings is 1. The average molecular weight is 410 g/mol. The van der Waals surface area contributed by atoms with E-state index >= 15 is 0 Å². The van der Waals surface area contributed by atoms with Gasteiger partial charge in [0, 0.05) is 49.0 Å². The lowest BCUT2D eigenvalue weighted by Gasteiger charge is -2.57. The molecule has 0 aliphatic carbocycles. The summed E-state index contributed by atoms with van der Waals surface area (Å²) < 4.78 is 0. The van der Waals surface area contributed by atoms with Crippen LogP contribution in [0, 0.1) is 0 Å². The average Bonchev–Trinajstić information content (AvgIpc) is 2.73. The molecule has 30 heavy (non-hydrogen) atoms. The van der Waals surface area contributed by atoms with Gasteiger partial charge in [0.25, 0.3) is 0 Å². The molecule has 7 heteroatoms. The summed E-state index contributed by atoms with van der Waals surface area (Å²) in [6.07, 6.45) is 7.22. The van der Waals surface area contributed by atoms with E-state index in [0.717, 1.165) is 43.6 Å². The van der Waals surface area contributed by atoms with Gasteiger partial charge >= 0.3 is 0 Å². The van der Waals surface area contributed by atoms with Crippen LogP contribution in [0.3, 0.4) is 0 Å². The highest BCUT2D eigenvalue weighted by Gasteiger charge is 2.49. The highest BCUT2D eigenvalue weighted by Crippen LogP contribution is 2.42. The number of hydrogen-bond donors (Lipinski definition) is 1. The van der Waals surface area contributed by atoms with Crippen molar-refractivity contribution in [1.29, 1.82) is 0 Å². The highest BCUT2D eigenvalue weighted by molar-refractivity contribution is 5.78. The van der Waals surface area contributed by atoms with Gasteiger partial charge in [-0.25, -0.2) is 9.97 Å². The van der Waals surface area contributed by atoms with Gasteiger partial charge in [0.05, 0.1) is 13.2 Å². The zero-order valence-electron chi connectivity index (χ0n) is 17.8. The smallest absolute Gasteiger partial charge is 0.236 e. The fourth-order valence-corrected chi connectivity index (χ4v) is 4.88. The van der Waals surface area contributed by atoms with Crippen LogP contribution in [0.1, 0.15) is 24.3 Å². The third-order valence-electron chi connectivity index (χ3n) is 6.36. The molecule has 0 bridgehead atoms. The molecule has 3 heterocycles. The van der Waals surface area contributed by atoms with Crippen LogP contribution in [-0.4, -0.2) is 94.6 Å². The summed E-state index contributed by atoms with van der Waals surface area (Å²) in [6, 6.07) is 8.87. The normalized spacial score (nSPS) is 24.7. The van der Waals surface area contributed by atoms with Crippen LogP contribution in [0.5, 0.6) is 0 Å². The van der Waals surface area contributed by atoms with E-state index in [0.29, 0.717) is 6.54 Å². The molecule has 1 aromatic carbocycles. The number of rotatable bonds is 5. The molecular weight excluding hydrogens is 378 g/mol. The van der Waals surface area contributed by atoms with Crippen molar-refractivity contribution >= 4 is 5.91 Å². The van der Waals surface area contributed by atoms with Crippen molar-refractivity contribution < 1.29 is 9.90 Å². The molecule has 7 nitrogen and oxygen atoms in total. The molecule has 4 rings (SSSR count). The van der Waals surface area contributed by atoms with Crippen molar-refractivity contribution in [3.05, 3.63) is 48.5 Å². The largest absolute Gasteiger partial charge is 0.395 e. The molecule has 3 atom stereocenters. The number of aliphatic hydroxyl groups is 1. The number of aromatic nitrogens is 2. The Hall–Kier alpha value is -2.35. The van der Waals surface area contributed by atoms with Crippen LogP contribution >= 0.6 is 0 Å². The molecule has 0 unspecified atom stereocenters. The molecule has 1 aromatic heterocycles. The highest BCUT2D eigenvalue weighted by atomic mass is 16.3. The number of carbonyl (C=O) groups excluding carboxylic acids is 1. The maximum atomic E-state index is 12.8. The summed E-state index contributed by atoms with van der Waals surface area (Å²) >= 11 is 0. The second-order valence-corrected chi connectivity index (χ2v) is 8.61. The Labute approximate surface area is 178 Å². The van der Waals surface area contributed by atoms with Crippen LogP contribution < -0.4 is 0 Å². The first kappa shape index (κ1) is 20.9. The van der Waals surface area contributed by atoms with E-state index in [9.17, 15) is 9.90 Å². The Balaban J connectivity index is 1.55. The lowest BCUT2D eigenvalue weighted by atomic mass is 9.74. The summed E-state index contributed by atoms with van der Waals surface area (Å²) in [4.78, 5) is 27.3. The first-order valence-corrected chi connectivity index (χ1v) is 10.7. The summed E-state index contributed by atoms with van der Waals surface area (Å²) in [5.41, 5.74) is 3.29. The lowest BCUT2D eigenvalue weighted by molar-refractivity contribution is -0.137. The number of nitrogens with zero attached hydrogens (tertiary/aromatic N) is 5. The first-order valence-electron chi connectivity index (χ1n) is 10.7. The number of fused-ring (bicyclic) bond motifs is 1. The van der Waals surface area contributed by atoms with Gasteiger partial charge in [-0.15, -0.1) is 0 Å². The minimum atomic E-state index is 0.116. The van der Waals surface area contributed by atoms with Gasteiger partial charge in [0.1, 0.15) is 6.33 Å². The third kappa shape index (κ3) is 4.24. The van der Waals surface area contributed by atoms with Crippen LogP contribution in [0.25, 0.3) is 11.1 Å². The molecule has 0 saturated carbocycles. The minimum absolute atomic E-state index is 0.116. The summed E-state index contributed by atoms with van der Waals surface area (Å²) in [5.74, 6) is 0.413. The SMILES string of the molecule is CN(C)CC(=O)N1CCCCN2[C@H](CO)[C@@H](c3ccc(-c4cncnc4)cc3)[C@H]2C1. The van der Waals surface area contributed by atoms with Crippen LogP contribution in [0.4, 0.5) is 0 Å². The maximum Gasteiger partial charge on any atom is 0.236 e. The van der Waals surface area contributed by atoms with E-state index in [1.807, 2.05) is 36.3 Å². The Kier molecular flexibility index (Phi) is 6.41. The van der Waals surface area contributed by atoms with Gasteiger partial charge in [0.15, 0.2) is 0 Å². The zero-order valence-corrected chi connectivity index (χ0v) is 17.8. The number of amides is 1. The summed E-state index contributed by atoms with van der Waals surface area (Å²) in [6.45, 7) is 3.11. The quantitative estimate of drug-likeness (QED) is 0.806. The van der Waals surface area contributed by atoms with Crippen molar-refractivity contribution in [1.82, 2.24) is 24.7 Å². The fourth-order valence-electron chi connectivity index (χ4n) is 4.88. The van der Waals surface area contributed by atoms with Crippen LogP contribution in [0.2, 0.25) is 0 Å². The van der Waals surface area contributed by atoms with E-state index < -0.39 is 0 Å². The molecule has 2 saturated heterocycles. The van der Waals surface area contributed by atoms with E-state index in [-0.39, 0.29) is 30.5 Å². The predicted octanol–water partition coefficient (Wildman–Crippen LogP) is 1.46. The number of aliphatic hydroxyl groups excluding tert-OH is 1. The zero-order chi connectivity index (χ0) is 21.1. The monoisotopic (exact) mass is 409 g/mol. The summed E-state index contributed by atoms with van der Waals surface area (Å²) in [5, 5.41) is 10.1. The maximum absolute atomic E-state index is 12.8. The van der Waals surface area contributed by atoms with E-state index in [1.165, 1.54) is 11.9 Å². The molecule has 2 fully saturated rings. The van der Waals surface area contributed by atoms with Gasteiger partial charge in [0.2, 0.25) is 5.91 Å². The Morgan fingerprint density at radius 3 is 2.47 bits per heavy atom. The van der Waals surface area contributed by atoms with Gasteiger partial charge in [-0.2, -0.15) is 0 Å². The van der Waals surface area contributed by atoms with Crippen LogP contribution in [-0.2, 0) is 4.79 Å². The molecule has 1 N–H and O–H groups in total. The molecule has 2 aliphatic heterocycles. The number of carbonyl (C=O) groups is 1. The number of likely N-dealkylation sites (N-methyl/N-ethyl adjacent to an activating group) is 1. The number of hydrogen-bond acceptors (Lipinski definition) is 6. The molecular formula is C23H31N5O2. The van der Waals surface area contributed by atoms with E-state index in [1.54, 1.807) is 0 Å². The predicted molar refractivity (Wildman–Crippen MR) is 116 cm³/mol. The van der Waals surface area contributed by atoms with Crippen molar-refractivity contribution in [2.45, 2.75) is 30.8 Å². The minimum Gasteiger partial charge on any atom is -0.395 e. The van der Waals surface area contributed by atoms with Gasteiger partial charge in [-0.3, -0.25) is 9.69 Å². The lowest BCUT2D eigenvalue weighted by Crippen LogP contribution is -2.68. The Bertz CT molecular complexity index is 842. The topological polar surface area (TPSA) is 72.8 Å². The van der Waals surface area contributed by atoms with Crippen molar-refractivity contribution in [2.24, 2.45) is 0 Å². The molecule has 1 amide bonds. The second kappa shape index (κ2) is 9.20. The second-order valence-electron chi connectivity index (χ2n) is 8.61. The molecule has 160 valence electrons. The molecule has 2 aliphatic rings. The van der Waals surface area contributed by atoms with E-state index in [2.05, 4.69) is 39.1 Å². The van der Waals surface area contributed by atoms with Crippen molar-refractivity contribution in [2.75, 3.05) is 46.9 Å². The van der Waals surface area contributed by atoms with E-state index in [4.69, 9.17) is 0 Å². The Morgan fingerprint density at radius 1 is 1.10 bits per heavy atom. The third-order valence-corrected chi connectivity index (χ3v) is 6.36. The molecule has 0 spiro atoms. The van der Waals surface area contributed by atoms with Gasteiger partial charge in [-0.1, -0.05) is 24.3 Å². The summed E-state index contributed by atoms with van der Waals surface area (Å²) in [7, 11) is 3.86. The van der Waals surface area contributed by atoms with Crippen molar-refractivity contribution in [3.63, 3.8) is 0 Å². The van der Waals surface area contributed by atoms with Crippen LogP contribution in [0.15, 0.2) is 43.0 Å². The van der Waals surface area contributed by atoms with Crippen molar-refractivity contribution in [3.8, 4) is 11.1 Å². The standard InChI is InChI=1S/C23H31N5O2/c1-26(2)14-22(30)27-9-3-4-10-28-20(13-27)23(21(28)15-29)18-7-5-17(6-8-18)19-11-24-16-25-12-19/h5-8,11-12,16,20-21,23,29H,3-4,9-10,13-15H2,1-2H3/t20-,21-,23+/m1/s1. The van der Waals surface area contributed by atoms with Gasteiger partial charge < -0.3 is 14.9 Å². The fraction of sp³-hybridized carbons (Fsp3) is 0.522.